The topological polar surface area (TPSA) is 59.0 Å². The third kappa shape index (κ3) is 4.55. The monoisotopic (exact) mass is 354 g/mol. The van der Waals surface area contributed by atoms with Crippen LogP contribution in [0.3, 0.4) is 0 Å². The van der Waals surface area contributed by atoms with Crippen LogP contribution in [0.25, 0.3) is 16.3 Å². The van der Waals surface area contributed by atoms with Gasteiger partial charge in [0.05, 0.1) is 17.1 Å². The number of benzene rings is 1. The summed E-state index contributed by atoms with van der Waals surface area (Å²) in [6, 6.07) is 14.1. The zero-order valence-electron chi connectivity index (χ0n) is 14.2. The van der Waals surface area contributed by atoms with E-state index in [1.165, 1.54) is 0 Å². The highest BCUT2D eigenvalue weighted by molar-refractivity contribution is 7.13. The van der Waals surface area contributed by atoms with E-state index in [9.17, 15) is 4.79 Å². The van der Waals surface area contributed by atoms with Gasteiger partial charge in [-0.1, -0.05) is 31.2 Å². The molecule has 0 aliphatic heterocycles. The predicted molar refractivity (Wildman–Crippen MR) is 102 cm³/mol. The summed E-state index contributed by atoms with van der Waals surface area (Å²) < 4.78 is 1.89. The number of amides is 1. The molecule has 0 atom stereocenters. The first-order valence-electron chi connectivity index (χ1n) is 8.43. The zero-order chi connectivity index (χ0) is 17.5. The summed E-state index contributed by atoms with van der Waals surface area (Å²) in [7, 11) is 0. The minimum Gasteiger partial charge on any atom is -0.355 e. The third-order valence-corrected chi connectivity index (χ3v) is 4.62. The van der Waals surface area contributed by atoms with Crippen molar-refractivity contribution in [3.63, 3.8) is 0 Å². The van der Waals surface area contributed by atoms with Gasteiger partial charge >= 0.3 is 0 Å². The quantitative estimate of drug-likeness (QED) is 0.653. The van der Waals surface area contributed by atoms with Crippen LogP contribution in [0.1, 0.15) is 18.9 Å². The molecule has 0 spiro atoms. The number of hydrogen-bond donors (Lipinski definition) is 2. The highest BCUT2D eigenvalue weighted by Gasteiger charge is 2.13. The zero-order valence-corrected chi connectivity index (χ0v) is 15.1. The van der Waals surface area contributed by atoms with E-state index < -0.39 is 0 Å². The number of nitrogens with one attached hydrogen (secondary N) is 2. The van der Waals surface area contributed by atoms with Crippen LogP contribution in [0.5, 0.6) is 0 Å². The minimum atomic E-state index is 0.0231. The van der Waals surface area contributed by atoms with Crippen molar-refractivity contribution in [1.29, 1.82) is 0 Å². The van der Waals surface area contributed by atoms with Gasteiger partial charge in [-0.3, -0.25) is 4.79 Å². The molecule has 0 aliphatic rings. The number of hydrogen-bond acceptors (Lipinski definition) is 4. The van der Waals surface area contributed by atoms with Crippen LogP contribution in [0.15, 0.2) is 54.0 Å². The molecule has 0 saturated carbocycles. The van der Waals surface area contributed by atoms with Gasteiger partial charge in [-0.2, -0.15) is 5.10 Å². The Bertz CT molecular complexity index is 796. The van der Waals surface area contributed by atoms with Gasteiger partial charge in [-0.25, -0.2) is 4.68 Å². The molecule has 1 aromatic carbocycles. The lowest BCUT2D eigenvalue weighted by Crippen LogP contribution is -2.33. The molecule has 0 saturated heterocycles. The molecular formula is C19H22N4OS. The highest BCUT2D eigenvalue weighted by atomic mass is 32.1. The molecule has 1 amide bonds. The van der Waals surface area contributed by atoms with E-state index in [0.717, 1.165) is 28.2 Å². The number of carbonyl (C=O) groups excluding carboxylic acids is 1. The molecule has 6 heteroatoms. The molecular weight excluding hydrogens is 332 g/mol. The molecule has 0 radical (unpaired) electrons. The van der Waals surface area contributed by atoms with Crippen LogP contribution >= 0.6 is 11.3 Å². The first kappa shape index (κ1) is 17.4. The van der Waals surface area contributed by atoms with Crippen molar-refractivity contribution < 1.29 is 4.79 Å². The van der Waals surface area contributed by atoms with E-state index in [0.29, 0.717) is 19.6 Å². The van der Waals surface area contributed by atoms with Gasteiger partial charge in [0.2, 0.25) is 5.91 Å². The predicted octanol–water partition coefficient (Wildman–Crippen LogP) is 3.22. The SMILES string of the molecule is CCCNC(=O)CNCc1cn(-c2ccccc2)nc1-c1cccs1. The summed E-state index contributed by atoms with van der Waals surface area (Å²) in [6.45, 7) is 3.66. The number of rotatable bonds is 8. The molecule has 25 heavy (non-hydrogen) atoms. The van der Waals surface area contributed by atoms with Crippen LogP contribution in [-0.2, 0) is 11.3 Å². The molecule has 0 bridgehead atoms. The summed E-state index contributed by atoms with van der Waals surface area (Å²) in [5.74, 6) is 0.0231. The molecule has 2 N–H and O–H groups in total. The lowest BCUT2D eigenvalue weighted by Gasteiger charge is -2.05. The molecule has 0 unspecified atom stereocenters. The first-order chi connectivity index (χ1) is 12.3. The second-order valence-electron chi connectivity index (χ2n) is 5.71. The maximum Gasteiger partial charge on any atom is 0.233 e. The van der Waals surface area contributed by atoms with E-state index in [4.69, 9.17) is 5.10 Å². The Labute approximate surface area is 151 Å². The van der Waals surface area contributed by atoms with Crippen LogP contribution in [0.4, 0.5) is 0 Å². The summed E-state index contributed by atoms with van der Waals surface area (Å²) in [6.07, 6.45) is 2.97. The third-order valence-electron chi connectivity index (χ3n) is 3.74. The highest BCUT2D eigenvalue weighted by Crippen LogP contribution is 2.27. The number of nitrogens with zero attached hydrogens (tertiary/aromatic N) is 2. The van der Waals surface area contributed by atoms with Gasteiger partial charge < -0.3 is 10.6 Å². The van der Waals surface area contributed by atoms with E-state index in [1.54, 1.807) is 11.3 Å². The molecule has 0 aliphatic carbocycles. The average Bonchev–Trinajstić information content (AvgIpc) is 3.30. The number of carbonyl (C=O) groups is 1. The Morgan fingerprint density at radius 2 is 2.04 bits per heavy atom. The van der Waals surface area contributed by atoms with Crippen molar-refractivity contribution in [2.24, 2.45) is 0 Å². The number of para-hydroxylation sites is 1. The Balaban J connectivity index is 1.75. The molecule has 0 fully saturated rings. The van der Waals surface area contributed by atoms with E-state index in [-0.39, 0.29) is 5.91 Å². The van der Waals surface area contributed by atoms with E-state index in [2.05, 4.69) is 16.7 Å². The summed E-state index contributed by atoms with van der Waals surface area (Å²) in [4.78, 5) is 12.9. The molecule has 130 valence electrons. The fourth-order valence-electron chi connectivity index (χ4n) is 2.51. The van der Waals surface area contributed by atoms with Gasteiger partial charge in [0.15, 0.2) is 0 Å². The molecule has 2 aromatic heterocycles. The standard InChI is InChI=1S/C19H22N4OS/c1-2-10-21-18(24)13-20-12-15-14-23(16-7-4-3-5-8-16)22-19(15)17-9-6-11-25-17/h3-9,11,14,20H,2,10,12-13H2,1H3,(H,21,24). The van der Waals surface area contributed by atoms with Crippen molar-refractivity contribution in [2.45, 2.75) is 19.9 Å². The van der Waals surface area contributed by atoms with Crippen LogP contribution in [0.2, 0.25) is 0 Å². The molecule has 3 aromatic rings. The van der Waals surface area contributed by atoms with E-state index >= 15 is 0 Å². The van der Waals surface area contributed by atoms with Crippen molar-refractivity contribution >= 4 is 17.2 Å². The van der Waals surface area contributed by atoms with Crippen molar-refractivity contribution in [1.82, 2.24) is 20.4 Å². The first-order valence-corrected chi connectivity index (χ1v) is 9.31. The Hall–Kier alpha value is -2.44. The maximum absolute atomic E-state index is 11.7. The fourth-order valence-corrected chi connectivity index (χ4v) is 3.25. The summed E-state index contributed by atoms with van der Waals surface area (Å²) >= 11 is 1.67. The normalized spacial score (nSPS) is 10.8. The van der Waals surface area contributed by atoms with Crippen LogP contribution in [0, 0.1) is 0 Å². The van der Waals surface area contributed by atoms with Crippen molar-refractivity contribution in [3.8, 4) is 16.3 Å². The van der Waals surface area contributed by atoms with Crippen LogP contribution < -0.4 is 10.6 Å². The maximum atomic E-state index is 11.7. The van der Waals surface area contributed by atoms with Crippen molar-refractivity contribution in [2.75, 3.05) is 13.1 Å². The summed E-state index contributed by atoms with van der Waals surface area (Å²) in [5.41, 5.74) is 3.06. The average molecular weight is 354 g/mol. The second kappa shape index (κ2) is 8.60. The van der Waals surface area contributed by atoms with Gasteiger partial charge in [-0.15, -0.1) is 11.3 Å². The molecule has 2 heterocycles. The fraction of sp³-hybridized carbons (Fsp3) is 0.263. The second-order valence-corrected chi connectivity index (χ2v) is 6.66. The number of aromatic nitrogens is 2. The van der Waals surface area contributed by atoms with Gasteiger partial charge in [0.25, 0.3) is 0 Å². The lowest BCUT2D eigenvalue weighted by atomic mass is 10.2. The lowest BCUT2D eigenvalue weighted by molar-refractivity contribution is -0.120. The van der Waals surface area contributed by atoms with Gasteiger partial charge in [0.1, 0.15) is 5.69 Å². The largest absolute Gasteiger partial charge is 0.355 e. The Morgan fingerprint density at radius 1 is 1.20 bits per heavy atom. The Kier molecular flexibility index (Phi) is 5.98. The Morgan fingerprint density at radius 3 is 2.76 bits per heavy atom. The van der Waals surface area contributed by atoms with Crippen molar-refractivity contribution in [3.05, 3.63) is 59.6 Å². The van der Waals surface area contributed by atoms with E-state index in [1.807, 2.05) is 59.6 Å². The molecule has 5 nitrogen and oxygen atoms in total. The molecule has 3 rings (SSSR count). The smallest absolute Gasteiger partial charge is 0.233 e. The van der Waals surface area contributed by atoms with Gasteiger partial charge in [-0.05, 0) is 30.0 Å². The van der Waals surface area contributed by atoms with Crippen LogP contribution in [-0.4, -0.2) is 28.8 Å². The summed E-state index contributed by atoms with van der Waals surface area (Å²) in [5, 5.41) is 12.9. The minimum absolute atomic E-state index is 0.0231. The number of thiophene rings is 1. The van der Waals surface area contributed by atoms with Gasteiger partial charge in [0, 0.05) is 24.8 Å².